The first-order valence-electron chi connectivity index (χ1n) is 26.5. The molecule has 4 aromatic carbocycles. The van der Waals surface area contributed by atoms with Crippen molar-refractivity contribution >= 4 is 0 Å². The Morgan fingerprint density at radius 1 is 0.438 bits per heavy atom. The second kappa shape index (κ2) is 17.7. The molecule has 0 aliphatic heterocycles. The predicted molar refractivity (Wildman–Crippen MR) is 292 cm³/mol. The van der Waals surface area contributed by atoms with E-state index in [0.717, 1.165) is 71.9 Å². The van der Waals surface area contributed by atoms with Crippen molar-refractivity contribution in [1.29, 1.82) is 0 Å². The number of aromatic hydroxyl groups is 2. The summed E-state index contributed by atoms with van der Waals surface area (Å²) in [6.45, 7) is 27.3. The minimum absolute atomic E-state index is 0. The molecule has 3 nitrogen and oxygen atoms in total. The average molecular weight is 1070 g/mol. The van der Waals surface area contributed by atoms with Gasteiger partial charge >= 0.3 is 6.18 Å². The summed E-state index contributed by atoms with van der Waals surface area (Å²) in [4.78, 5) is 5.31. The van der Waals surface area contributed by atoms with Crippen molar-refractivity contribution < 1.29 is 49.6 Å². The number of phenols is 2. The van der Waals surface area contributed by atoms with E-state index in [-0.39, 0.29) is 119 Å². The monoisotopic (exact) mass is 1070 g/mol. The molecule has 7 heteroatoms. The number of aromatic nitrogens is 1. The fourth-order valence-corrected chi connectivity index (χ4v) is 19.6. The smallest absolute Gasteiger partial charge is 0.416 e. The molecular formula is C66H82F3NO2Zr-2. The van der Waals surface area contributed by atoms with Crippen molar-refractivity contribution in [1.82, 2.24) is 4.98 Å². The second-order valence-corrected chi connectivity index (χ2v) is 28.0. The molecule has 0 spiro atoms. The summed E-state index contributed by atoms with van der Waals surface area (Å²) < 4.78 is 46.7. The maximum atomic E-state index is 15.6. The fourth-order valence-electron chi connectivity index (χ4n) is 19.6. The summed E-state index contributed by atoms with van der Waals surface area (Å²) >= 11 is 0. The summed E-state index contributed by atoms with van der Waals surface area (Å²) in [6.07, 6.45) is 8.66. The molecule has 8 aliphatic rings. The molecule has 8 fully saturated rings. The molecule has 0 radical (unpaired) electrons. The topological polar surface area (TPSA) is 53.4 Å². The molecule has 8 saturated carbocycles. The number of phenolic OH excluding ortho intramolecular Hbond substituents is 2. The zero-order chi connectivity index (χ0) is 50.1. The van der Waals surface area contributed by atoms with Crippen LogP contribution in [0.1, 0.15) is 197 Å². The van der Waals surface area contributed by atoms with E-state index in [2.05, 4.69) is 107 Å². The van der Waals surface area contributed by atoms with E-state index in [1.807, 2.05) is 36.4 Å². The number of alkyl halides is 3. The number of hydrogen-bond acceptors (Lipinski definition) is 3. The number of rotatable bonds is 8. The molecule has 0 saturated heterocycles. The molecule has 73 heavy (non-hydrogen) atoms. The molecular weight excluding hydrogens is 987 g/mol. The van der Waals surface area contributed by atoms with Crippen molar-refractivity contribution in [2.24, 2.45) is 32.5 Å². The van der Waals surface area contributed by atoms with Crippen LogP contribution in [0.25, 0.3) is 44.8 Å². The van der Waals surface area contributed by atoms with Gasteiger partial charge in [-0.1, -0.05) is 106 Å². The van der Waals surface area contributed by atoms with Crippen molar-refractivity contribution in [3.8, 4) is 56.3 Å². The van der Waals surface area contributed by atoms with E-state index in [0.29, 0.717) is 33.4 Å². The summed E-state index contributed by atoms with van der Waals surface area (Å²) in [6, 6.07) is 22.9. The van der Waals surface area contributed by atoms with Crippen LogP contribution in [0, 0.1) is 61.2 Å². The molecule has 13 rings (SSSR count). The van der Waals surface area contributed by atoms with Gasteiger partial charge in [-0.3, -0.25) is 0 Å². The van der Waals surface area contributed by atoms with Crippen LogP contribution in [-0.4, -0.2) is 15.2 Å². The Balaban J connectivity index is 0.00000237. The third kappa shape index (κ3) is 9.24. The quantitative estimate of drug-likeness (QED) is 0.152. The number of hydrogen-bond donors (Lipinski definition) is 2. The number of halogens is 3. The third-order valence-electron chi connectivity index (χ3n) is 19.1. The second-order valence-electron chi connectivity index (χ2n) is 28.0. The van der Waals surface area contributed by atoms with Crippen LogP contribution in [0.3, 0.4) is 0 Å². The van der Waals surface area contributed by atoms with Gasteiger partial charge in [0.1, 0.15) is 11.5 Å². The van der Waals surface area contributed by atoms with Gasteiger partial charge in [0.15, 0.2) is 0 Å². The predicted octanol–water partition coefficient (Wildman–Crippen LogP) is 19.2. The Labute approximate surface area is 456 Å². The van der Waals surface area contributed by atoms with Crippen molar-refractivity contribution in [3.05, 3.63) is 127 Å². The summed E-state index contributed by atoms with van der Waals surface area (Å²) in [5.74, 6) is 0.651. The Kier molecular flexibility index (Phi) is 13.4. The minimum atomic E-state index is -4.68. The fraction of sp³-hybridized carbons (Fsp3) is 0.530. The Hall–Kier alpha value is -3.70. The molecule has 8 aliphatic carbocycles. The van der Waals surface area contributed by atoms with Crippen LogP contribution in [0.4, 0.5) is 13.2 Å². The molecule has 2 N–H and O–H groups in total. The van der Waals surface area contributed by atoms with Gasteiger partial charge in [-0.05, 0) is 205 Å². The van der Waals surface area contributed by atoms with Gasteiger partial charge < -0.3 is 25.1 Å². The molecule has 0 atom stereocenters. The van der Waals surface area contributed by atoms with Crippen molar-refractivity contribution in [3.63, 3.8) is 0 Å². The number of aryl methyl sites for hydroxylation is 2. The molecule has 1 heterocycles. The van der Waals surface area contributed by atoms with Gasteiger partial charge in [0.05, 0.1) is 17.0 Å². The van der Waals surface area contributed by atoms with Gasteiger partial charge in [0.25, 0.3) is 0 Å². The maximum absolute atomic E-state index is 15.6. The van der Waals surface area contributed by atoms with Gasteiger partial charge in [-0.2, -0.15) is 13.2 Å². The van der Waals surface area contributed by atoms with Gasteiger partial charge in [-0.25, -0.2) is 4.98 Å². The number of nitrogens with zero attached hydrogens (tertiary/aromatic N) is 1. The van der Waals surface area contributed by atoms with Crippen molar-refractivity contribution in [2.75, 3.05) is 0 Å². The van der Waals surface area contributed by atoms with Gasteiger partial charge in [0.2, 0.25) is 0 Å². The molecule has 0 unspecified atom stereocenters. The first-order chi connectivity index (χ1) is 32.5. The Bertz CT molecular complexity index is 2720. The first kappa shape index (κ1) is 55.5. The first-order valence-corrected chi connectivity index (χ1v) is 26.5. The molecule has 8 bridgehead atoms. The minimum Gasteiger partial charge on any atom is -0.507 e. The van der Waals surface area contributed by atoms with E-state index in [4.69, 9.17) is 4.98 Å². The van der Waals surface area contributed by atoms with Crippen LogP contribution in [0.15, 0.2) is 72.8 Å². The zero-order valence-corrected chi connectivity index (χ0v) is 49.0. The van der Waals surface area contributed by atoms with Crippen LogP contribution < -0.4 is 0 Å². The van der Waals surface area contributed by atoms with E-state index in [1.165, 1.54) is 50.7 Å². The third-order valence-corrected chi connectivity index (χ3v) is 19.1. The average Bonchev–Trinajstić information content (AvgIpc) is 3.20. The summed E-state index contributed by atoms with van der Waals surface area (Å²) in [5.41, 5.74) is 10.0. The van der Waals surface area contributed by atoms with Crippen LogP contribution in [-0.2, 0) is 43.2 Å². The van der Waals surface area contributed by atoms with Crippen LogP contribution >= 0.6 is 0 Å². The van der Waals surface area contributed by atoms with Crippen molar-refractivity contribution in [2.45, 2.75) is 189 Å². The molecule has 5 aromatic rings. The van der Waals surface area contributed by atoms with Gasteiger partial charge in [-0.15, -0.1) is 0 Å². The van der Waals surface area contributed by atoms with Crippen LogP contribution in [0.5, 0.6) is 11.5 Å². The molecule has 1 aromatic heterocycles. The van der Waals surface area contributed by atoms with E-state index in [1.54, 1.807) is 0 Å². The molecule has 0 amide bonds. The normalized spacial score (nSPS) is 32.7. The summed E-state index contributed by atoms with van der Waals surface area (Å²) in [5, 5.41) is 25.7. The number of pyridine rings is 1. The van der Waals surface area contributed by atoms with Gasteiger partial charge in [0, 0.05) is 70.4 Å². The molecule has 390 valence electrons. The summed E-state index contributed by atoms with van der Waals surface area (Å²) in [7, 11) is 0. The van der Waals surface area contributed by atoms with E-state index < -0.39 is 11.7 Å². The van der Waals surface area contributed by atoms with E-state index in [9.17, 15) is 10.2 Å². The maximum Gasteiger partial charge on any atom is 0.416 e. The largest absolute Gasteiger partial charge is 0.507 e. The van der Waals surface area contributed by atoms with E-state index >= 15 is 13.2 Å². The zero-order valence-electron chi connectivity index (χ0n) is 46.5. The Morgan fingerprint density at radius 3 is 1.01 bits per heavy atom. The standard InChI is InChI=1S/C64H76F3NO2.2CH3.Zr/c1-37(2)41-13-15-44(48-17-39(5)19-50(54(48)69)62-31-56(7)25-57(8,32-62)27-58(9,26-56)33-62)46(21-41)52-23-43(64(65,66)67)24-53(68-52)47-22-42(38(3)4)14-16-45(47)49-18-40(6)20-51(55(49)70)63-34-59(10)28-60(11,35-63)30-61(12,29-59)36-63;;;/h13-24,37-38,69-70H,25-36H2,1-12H3;2*1H3;/q;2*-1;. The van der Waals surface area contributed by atoms with Crippen LogP contribution in [0.2, 0.25) is 0 Å². The Morgan fingerprint density at radius 2 is 0.740 bits per heavy atom. The SMILES string of the molecule is Cc1cc(-c2ccc(C(C)C)cc2-c2cc(C(F)(F)F)cc(-c3cc(C(C)C)ccc3-c3cc(C)cc(C45CC6(C)CC(C)(CC(C)(C6)C4)C5)c3O)n2)c(O)c(C23CC4(C)CC(C)(CC(C)(C4)C2)C3)c1.[CH3-].[CH3-].[Zr]. The number of benzene rings is 4.